The van der Waals surface area contributed by atoms with Crippen LogP contribution < -0.4 is 15.4 Å². The van der Waals surface area contributed by atoms with Gasteiger partial charge in [-0.2, -0.15) is 0 Å². The first-order valence-electron chi connectivity index (χ1n) is 11.4. The first kappa shape index (κ1) is 23.8. The third-order valence-electron chi connectivity index (χ3n) is 6.50. The van der Waals surface area contributed by atoms with Crippen LogP contribution in [0.5, 0.6) is 5.75 Å². The van der Waals surface area contributed by atoms with Crippen LogP contribution in [0.25, 0.3) is 10.2 Å². The Morgan fingerprint density at radius 2 is 1.94 bits per heavy atom. The second kappa shape index (κ2) is 8.91. The first-order valence-corrected chi connectivity index (χ1v) is 13.0. The number of aromatic nitrogens is 1. The number of benzene rings is 2. The minimum Gasteiger partial charge on any atom is -0.497 e. The van der Waals surface area contributed by atoms with Gasteiger partial charge in [0, 0.05) is 39.4 Å². The van der Waals surface area contributed by atoms with Crippen molar-refractivity contribution in [2.45, 2.75) is 39.5 Å². The highest BCUT2D eigenvalue weighted by Gasteiger charge is 2.42. The van der Waals surface area contributed by atoms with E-state index in [4.69, 9.17) is 4.74 Å². The number of allylic oxidation sites excluding steroid dienone is 3. The molecule has 35 heavy (non-hydrogen) atoms. The SMILES string of the molecule is COc1ccc(C2C(C(=O)Nc3nc4ccc(Br)cc4s3)=C(C)NC3=C2C(=O)CC(C)(C)C3)cc1. The zero-order valence-corrected chi connectivity index (χ0v) is 22.4. The molecule has 0 spiro atoms. The summed E-state index contributed by atoms with van der Waals surface area (Å²) in [6, 6.07) is 13.4. The topological polar surface area (TPSA) is 80.3 Å². The number of methoxy groups -OCH3 is 1. The highest BCUT2D eigenvalue weighted by atomic mass is 79.9. The van der Waals surface area contributed by atoms with E-state index < -0.39 is 5.92 Å². The van der Waals surface area contributed by atoms with Gasteiger partial charge in [0.15, 0.2) is 10.9 Å². The molecule has 0 bridgehead atoms. The van der Waals surface area contributed by atoms with Crippen LogP contribution in [-0.4, -0.2) is 23.8 Å². The summed E-state index contributed by atoms with van der Waals surface area (Å²) in [5.41, 5.74) is 4.43. The molecule has 0 fully saturated rings. The maximum atomic E-state index is 13.7. The number of carbonyl (C=O) groups excluding carboxylic acids is 2. The molecule has 2 aromatic carbocycles. The van der Waals surface area contributed by atoms with Crippen LogP contribution in [0.15, 0.2) is 69.5 Å². The van der Waals surface area contributed by atoms with Crippen LogP contribution in [0.4, 0.5) is 5.13 Å². The number of dihydropyridines is 1. The van der Waals surface area contributed by atoms with Gasteiger partial charge in [0.25, 0.3) is 5.91 Å². The molecule has 3 aromatic rings. The predicted octanol–water partition coefficient (Wildman–Crippen LogP) is 6.31. The molecule has 1 unspecified atom stereocenters. The Morgan fingerprint density at radius 3 is 2.66 bits per heavy atom. The number of carbonyl (C=O) groups is 2. The number of ketones is 1. The number of fused-ring (bicyclic) bond motifs is 1. The summed E-state index contributed by atoms with van der Waals surface area (Å²) in [7, 11) is 1.62. The number of rotatable bonds is 4. The molecule has 0 saturated carbocycles. The standard InChI is InChI=1S/C27H26BrN3O3S/c1-14-22(25(33)31-26-30-18-10-7-16(28)11-21(18)35-26)23(15-5-8-17(34-4)9-6-15)24-19(29-14)12-27(2,3)13-20(24)32/h5-11,23,29H,12-13H2,1-4H3,(H,30,31,33). The highest BCUT2D eigenvalue weighted by Crippen LogP contribution is 2.47. The van der Waals surface area contributed by atoms with Crippen molar-refractivity contribution in [1.29, 1.82) is 0 Å². The number of amides is 1. The van der Waals surface area contributed by atoms with E-state index in [1.807, 2.05) is 49.4 Å². The Balaban J connectivity index is 1.56. The van der Waals surface area contributed by atoms with Gasteiger partial charge in [-0.25, -0.2) is 4.98 Å². The molecule has 6 nitrogen and oxygen atoms in total. The lowest BCUT2D eigenvalue weighted by molar-refractivity contribution is -0.118. The first-order chi connectivity index (χ1) is 16.6. The fraction of sp³-hybridized carbons (Fsp3) is 0.296. The average Bonchev–Trinajstić information content (AvgIpc) is 3.18. The van der Waals surface area contributed by atoms with Crippen molar-refractivity contribution in [3.63, 3.8) is 0 Å². The van der Waals surface area contributed by atoms with Crippen LogP contribution >= 0.6 is 27.3 Å². The molecular weight excluding hydrogens is 526 g/mol. The number of hydrogen-bond acceptors (Lipinski definition) is 6. The summed E-state index contributed by atoms with van der Waals surface area (Å²) < 4.78 is 7.26. The van der Waals surface area contributed by atoms with E-state index in [1.54, 1.807) is 7.11 Å². The summed E-state index contributed by atoms with van der Waals surface area (Å²) >= 11 is 4.90. The summed E-state index contributed by atoms with van der Waals surface area (Å²) in [5, 5.41) is 6.92. The van der Waals surface area contributed by atoms with E-state index in [0.29, 0.717) is 22.7 Å². The van der Waals surface area contributed by atoms with E-state index in [-0.39, 0.29) is 17.1 Å². The molecule has 0 radical (unpaired) electrons. The zero-order valence-electron chi connectivity index (χ0n) is 20.0. The second-order valence-corrected chi connectivity index (χ2v) is 11.7. The van der Waals surface area contributed by atoms with Gasteiger partial charge in [-0.15, -0.1) is 0 Å². The zero-order chi connectivity index (χ0) is 24.9. The smallest absolute Gasteiger partial charge is 0.256 e. The number of halogens is 1. The molecule has 1 aromatic heterocycles. The monoisotopic (exact) mass is 551 g/mol. The van der Waals surface area contributed by atoms with Crippen molar-refractivity contribution in [2.75, 3.05) is 12.4 Å². The van der Waals surface area contributed by atoms with Crippen LogP contribution in [-0.2, 0) is 9.59 Å². The summed E-state index contributed by atoms with van der Waals surface area (Å²) in [6.45, 7) is 6.10. The molecule has 180 valence electrons. The molecule has 2 N–H and O–H groups in total. The van der Waals surface area contributed by atoms with Gasteiger partial charge in [0.1, 0.15) is 5.75 Å². The number of hydrogen-bond donors (Lipinski definition) is 2. The van der Waals surface area contributed by atoms with Crippen molar-refractivity contribution in [1.82, 2.24) is 10.3 Å². The Bertz CT molecular complexity index is 1420. The Labute approximate surface area is 216 Å². The number of nitrogens with one attached hydrogen (secondary N) is 2. The van der Waals surface area contributed by atoms with E-state index in [9.17, 15) is 9.59 Å². The maximum Gasteiger partial charge on any atom is 0.256 e. The molecule has 1 atom stereocenters. The minimum atomic E-state index is -0.468. The fourth-order valence-corrected chi connectivity index (χ4v) is 6.40. The summed E-state index contributed by atoms with van der Waals surface area (Å²) in [4.78, 5) is 31.7. The molecule has 1 amide bonds. The van der Waals surface area contributed by atoms with Crippen LogP contribution in [0.2, 0.25) is 0 Å². The predicted molar refractivity (Wildman–Crippen MR) is 143 cm³/mol. The molecule has 1 aliphatic heterocycles. The number of nitrogens with zero attached hydrogens (tertiary/aromatic N) is 1. The molecule has 2 heterocycles. The van der Waals surface area contributed by atoms with Crippen molar-refractivity contribution in [2.24, 2.45) is 5.41 Å². The summed E-state index contributed by atoms with van der Waals surface area (Å²) in [5.74, 6) is 0.0648. The molecule has 2 aliphatic rings. The maximum absolute atomic E-state index is 13.7. The van der Waals surface area contributed by atoms with E-state index in [0.717, 1.165) is 43.8 Å². The van der Waals surface area contributed by atoms with Gasteiger partial charge < -0.3 is 10.1 Å². The number of Topliss-reactive ketones (excluding diaryl/α,β-unsaturated/α-hetero) is 1. The second-order valence-electron chi connectivity index (χ2n) is 9.79. The fourth-order valence-electron chi connectivity index (χ4n) is 4.98. The largest absolute Gasteiger partial charge is 0.497 e. The molecular formula is C27H26BrN3O3S. The third-order valence-corrected chi connectivity index (χ3v) is 7.93. The molecule has 1 aliphatic carbocycles. The van der Waals surface area contributed by atoms with Gasteiger partial charge in [-0.05, 0) is 54.7 Å². The van der Waals surface area contributed by atoms with Crippen LogP contribution in [0.1, 0.15) is 45.1 Å². The molecule has 5 rings (SSSR count). The highest BCUT2D eigenvalue weighted by molar-refractivity contribution is 9.10. The summed E-state index contributed by atoms with van der Waals surface area (Å²) in [6.07, 6.45) is 1.20. The van der Waals surface area contributed by atoms with Gasteiger partial charge in [0.05, 0.1) is 17.3 Å². The van der Waals surface area contributed by atoms with Crippen molar-refractivity contribution < 1.29 is 14.3 Å². The number of thiazole rings is 1. The van der Waals surface area contributed by atoms with Crippen LogP contribution in [0, 0.1) is 5.41 Å². The Kier molecular flexibility index (Phi) is 6.05. The van der Waals surface area contributed by atoms with Crippen molar-refractivity contribution in [3.8, 4) is 5.75 Å². The quantitative estimate of drug-likeness (QED) is 0.397. The van der Waals surface area contributed by atoms with Crippen LogP contribution in [0.3, 0.4) is 0 Å². The van der Waals surface area contributed by atoms with E-state index in [2.05, 4.69) is 45.4 Å². The molecule has 0 saturated heterocycles. The lowest BCUT2D eigenvalue weighted by Gasteiger charge is -2.39. The van der Waals surface area contributed by atoms with Gasteiger partial charge in [-0.1, -0.05) is 53.2 Å². The Morgan fingerprint density at radius 1 is 1.20 bits per heavy atom. The lowest BCUT2D eigenvalue weighted by atomic mass is 9.68. The van der Waals surface area contributed by atoms with Crippen molar-refractivity contribution >= 4 is 54.3 Å². The van der Waals surface area contributed by atoms with Gasteiger partial charge >= 0.3 is 0 Å². The van der Waals surface area contributed by atoms with Gasteiger partial charge in [-0.3, -0.25) is 14.9 Å². The number of anilines is 1. The average molecular weight is 552 g/mol. The normalized spacial score (nSPS) is 19.5. The Hall–Kier alpha value is -2.97. The van der Waals surface area contributed by atoms with Gasteiger partial charge in [0.2, 0.25) is 0 Å². The molecule has 8 heteroatoms. The lowest BCUT2D eigenvalue weighted by Crippen LogP contribution is -2.39. The van der Waals surface area contributed by atoms with E-state index in [1.165, 1.54) is 11.3 Å². The third kappa shape index (κ3) is 4.52. The number of ether oxygens (including phenoxy) is 1. The van der Waals surface area contributed by atoms with Crippen molar-refractivity contribution in [3.05, 3.63) is 75.0 Å². The minimum absolute atomic E-state index is 0.0761. The van der Waals surface area contributed by atoms with E-state index >= 15 is 0 Å².